The summed E-state index contributed by atoms with van der Waals surface area (Å²) in [6, 6.07) is 5.71. The number of benzene rings is 1. The Kier molecular flexibility index (Phi) is 4.74. The third kappa shape index (κ3) is 3.91. The van der Waals surface area contributed by atoms with Crippen molar-refractivity contribution in [3.8, 4) is 0 Å². The number of nitrogens with zero attached hydrogens (tertiary/aromatic N) is 1. The van der Waals surface area contributed by atoms with Crippen LogP contribution >= 0.6 is 11.8 Å². The fraction of sp³-hybridized carbons (Fsp3) is 0.214. The smallest absolute Gasteiger partial charge is 0.251 e. The standard InChI is InChI=1S/C14H15FN4OS/c1-2-3-9-7-12(20)19-14(18-9)21-11-5-4-8(13(16)17)6-10(11)15/h4-7H,2-3H2,1H3,(H3,16,17)(H,18,19,20). The van der Waals surface area contributed by atoms with Crippen molar-refractivity contribution in [3.63, 3.8) is 0 Å². The number of H-pyrrole nitrogens is 1. The van der Waals surface area contributed by atoms with Gasteiger partial charge >= 0.3 is 0 Å². The molecule has 0 unspecified atom stereocenters. The van der Waals surface area contributed by atoms with Crippen LogP contribution in [0.1, 0.15) is 24.6 Å². The highest BCUT2D eigenvalue weighted by molar-refractivity contribution is 7.99. The molecule has 0 atom stereocenters. The minimum atomic E-state index is -0.503. The highest BCUT2D eigenvalue weighted by atomic mass is 32.2. The molecule has 0 aliphatic heterocycles. The van der Waals surface area contributed by atoms with Gasteiger partial charge in [0.15, 0.2) is 5.16 Å². The average molecular weight is 306 g/mol. The van der Waals surface area contributed by atoms with Gasteiger partial charge in [-0.25, -0.2) is 9.37 Å². The summed E-state index contributed by atoms with van der Waals surface area (Å²) in [5.41, 5.74) is 6.06. The number of nitrogens with two attached hydrogens (primary N) is 1. The molecular weight excluding hydrogens is 291 g/mol. The number of amidine groups is 1. The summed E-state index contributed by atoms with van der Waals surface area (Å²) in [7, 11) is 0. The number of hydrogen-bond donors (Lipinski definition) is 3. The first-order valence-electron chi connectivity index (χ1n) is 6.41. The molecule has 0 saturated carbocycles. The van der Waals surface area contributed by atoms with Gasteiger partial charge in [-0.2, -0.15) is 0 Å². The van der Waals surface area contributed by atoms with E-state index in [9.17, 15) is 9.18 Å². The molecule has 7 heteroatoms. The Bertz CT molecular complexity index is 729. The molecule has 0 fully saturated rings. The Balaban J connectivity index is 2.29. The summed E-state index contributed by atoms with van der Waals surface area (Å²) in [6.45, 7) is 2.00. The van der Waals surface area contributed by atoms with Crippen LogP contribution in [0.25, 0.3) is 0 Å². The molecular formula is C14H15FN4OS. The van der Waals surface area contributed by atoms with E-state index in [0.29, 0.717) is 27.7 Å². The summed E-state index contributed by atoms with van der Waals surface area (Å²) >= 11 is 1.04. The maximum Gasteiger partial charge on any atom is 0.251 e. The molecule has 0 amide bonds. The van der Waals surface area contributed by atoms with Gasteiger partial charge in [0.1, 0.15) is 11.7 Å². The first-order chi connectivity index (χ1) is 9.99. The molecule has 2 rings (SSSR count). The summed E-state index contributed by atoms with van der Waals surface area (Å²) < 4.78 is 14.0. The molecule has 0 aliphatic rings. The Labute approximate surface area is 125 Å². The Morgan fingerprint density at radius 1 is 1.48 bits per heavy atom. The fourth-order valence-electron chi connectivity index (χ4n) is 1.77. The van der Waals surface area contributed by atoms with Crippen LogP contribution in [-0.4, -0.2) is 15.8 Å². The maximum atomic E-state index is 14.0. The minimum absolute atomic E-state index is 0.193. The number of aromatic nitrogens is 2. The normalized spacial score (nSPS) is 10.6. The summed E-state index contributed by atoms with van der Waals surface area (Å²) in [6.07, 6.45) is 1.57. The van der Waals surface area contributed by atoms with Crippen molar-refractivity contribution in [1.82, 2.24) is 9.97 Å². The number of nitrogen functional groups attached to an aromatic ring is 1. The monoisotopic (exact) mass is 306 g/mol. The minimum Gasteiger partial charge on any atom is -0.384 e. The number of halogens is 1. The van der Waals surface area contributed by atoms with Crippen LogP contribution in [0.3, 0.4) is 0 Å². The molecule has 1 heterocycles. The highest BCUT2D eigenvalue weighted by Gasteiger charge is 2.09. The van der Waals surface area contributed by atoms with Crippen molar-refractivity contribution in [2.24, 2.45) is 5.73 Å². The number of aromatic amines is 1. The summed E-state index contributed by atoms with van der Waals surface area (Å²) in [5.74, 6) is -0.696. The van der Waals surface area contributed by atoms with E-state index < -0.39 is 5.82 Å². The second-order valence-electron chi connectivity index (χ2n) is 4.45. The van der Waals surface area contributed by atoms with Crippen molar-refractivity contribution in [1.29, 1.82) is 5.41 Å². The molecule has 0 bridgehead atoms. The van der Waals surface area contributed by atoms with E-state index in [0.717, 1.165) is 18.2 Å². The molecule has 0 spiro atoms. The third-order valence-electron chi connectivity index (χ3n) is 2.73. The predicted molar refractivity (Wildman–Crippen MR) is 80.4 cm³/mol. The van der Waals surface area contributed by atoms with E-state index in [2.05, 4.69) is 9.97 Å². The van der Waals surface area contributed by atoms with Gasteiger partial charge in [0.25, 0.3) is 5.56 Å². The Morgan fingerprint density at radius 3 is 2.86 bits per heavy atom. The van der Waals surface area contributed by atoms with Crippen LogP contribution in [0.5, 0.6) is 0 Å². The molecule has 1 aromatic heterocycles. The SMILES string of the molecule is CCCc1cc(=O)[nH]c(Sc2ccc(C(=N)N)cc2F)n1. The second kappa shape index (κ2) is 6.53. The molecule has 2 aromatic rings. The zero-order chi connectivity index (χ0) is 15.4. The quantitative estimate of drug-likeness (QED) is 0.448. The zero-order valence-corrected chi connectivity index (χ0v) is 12.3. The maximum absolute atomic E-state index is 14.0. The van der Waals surface area contributed by atoms with Crippen LogP contribution in [0.2, 0.25) is 0 Å². The molecule has 4 N–H and O–H groups in total. The lowest BCUT2D eigenvalue weighted by Gasteiger charge is -2.06. The first-order valence-corrected chi connectivity index (χ1v) is 7.23. The second-order valence-corrected chi connectivity index (χ2v) is 5.48. The van der Waals surface area contributed by atoms with E-state index >= 15 is 0 Å². The summed E-state index contributed by atoms with van der Waals surface area (Å²) in [4.78, 5) is 18.7. The molecule has 1 aromatic carbocycles. The fourth-order valence-corrected chi connectivity index (χ4v) is 2.59. The van der Waals surface area contributed by atoms with E-state index in [1.165, 1.54) is 18.2 Å². The average Bonchev–Trinajstić information content (AvgIpc) is 2.40. The zero-order valence-electron chi connectivity index (χ0n) is 11.4. The Hall–Kier alpha value is -2.15. The lowest BCUT2D eigenvalue weighted by molar-refractivity contribution is 0.601. The third-order valence-corrected chi connectivity index (χ3v) is 3.67. The topological polar surface area (TPSA) is 95.6 Å². The lowest BCUT2D eigenvalue weighted by Crippen LogP contribution is -2.11. The van der Waals surface area contributed by atoms with Crippen LogP contribution in [0.4, 0.5) is 4.39 Å². The number of aryl methyl sites for hydroxylation is 1. The van der Waals surface area contributed by atoms with Gasteiger partial charge in [0.2, 0.25) is 0 Å². The van der Waals surface area contributed by atoms with Gasteiger partial charge in [0, 0.05) is 17.3 Å². The van der Waals surface area contributed by atoms with E-state index in [-0.39, 0.29) is 11.4 Å². The largest absolute Gasteiger partial charge is 0.384 e. The molecule has 0 radical (unpaired) electrons. The van der Waals surface area contributed by atoms with Crippen molar-refractivity contribution in [3.05, 3.63) is 51.7 Å². The van der Waals surface area contributed by atoms with Gasteiger partial charge < -0.3 is 10.7 Å². The van der Waals surface area contributed by atoms with Crippen LogP contribution in [-0.2, 0) is 6.42 Å². The van der Waals surface area contributed by atoms with Crippen molar-refractivity contribution < 1.29 is 4.39 Å². The van der Waals surface area contributed by atoms with Gasteiger partial charge in [-0.1, -0.05) is 13.3 Å². The van der Waals surface area contributed by atoms with Gasteiger partial charge in [-0.3, -0.25) is 10.2 Å². The van der Waals surface area contributed by atoms with Crippen LogP contribution in [0, 0.1) is 11.2 Å². The first kappa shape index (κ1) is 15.2. The lowest BCUT2D eigenvalue weighted by atomic mass is 10.2. The highest BCUT2D eigenvalue weighted by Crippen LogP contribution is 2.27. The number of rotatable bonds is 5. The van der Waals surface area contributed by atoms with Crippen LogP contribution in [0.15, 0.2) is 39.1 Å². The molecule has 21 heavy (non-hydrogen) atoms. The number of nitrogens with one attached hydrogen (secondary N) is 2. The Morgan fingerprint density at radius 2 is 2.24 bits per heavy atom. The van der Waals surface area contributed by atoms with E-state index in [1.807, 2.05) is 6.92 Å². The van der Waals surface area contributed by atoms with Gasteiger partial charge in [0.05, 0.1) is 4.90 Å². The molecule has 5 nitrogen and oxygen atoms in total. The van der Waals surface area contributed by atoms with E-state index in [4.69, 9.17) is 11.1 Å². The summed E-state index contributed by atoms with van der Waals surface area (Å²) in [5, 5.41) is 7.62. The van der Waals surface area contributed by atoms with Crippen molar-refractivity contribution in [2.45, 2.75) is 29.8 Å². The van der Waals surface area contributed by atoms with Crippen LogP contribution < -0.4 is 11.3 Å². The van der Waals surface area contributed by atoms with Crippen molar-refractivity contribution >= 4 is 17.6 Å². The predicted octanol–water partition coefficient (Wildman–Crippen LogP) is 2.30. The number of hydrogen-bond acceptors (Lipinski definition) is 4. The van der Waals surface area contributed by atoms with E-state index in [1.54, 1.807) is 6.07 Å². The van der Waals surface area contributed by atoms with Gasteiger partial charge in [-0.05, 0) is 36.4 Å². The molecule has 0 aliphatic carbocycles. The molecule has 0 saturated heterocycles. The van der Waals surface area contributed by atoms with Gasteiger partial charge in [-0.15, -0.1) is 0 Å². The molecule has 110 valence electrons. The van der Waals surface area contributed by atoms with Crippen molar-refractivity contribution in [2.75, 3.05) is 0 Å².